The predicted octanol–water partition coefficient (Wildman–Crippen LogP) is 6.22. The molecule has 178 valence electrons. The van der Waals surface area contributed by atoms with E-state index in [1.54, 1.807) is 0 Å². The van der Waals surface area contributed by atoms with Gasteiger partial charge < -0.3 is 4.74 Å². The predicted molar refractivity (Wildman–Crippen MR) is 137 cm³/mol. The summed E-state index contributed by atoms with van der Waals surface area (Å²) in [5.74, 6) is -0.248. The van der Waals surface area contributed by atoms with Gasteiger partial charge in [0.25, 0.3) is 0 Å². The Morgan fingerprint density at radius 1 is 0.800 bits per heavy atom. The number of anilines is 1. The van der Waals surface area contributed by atoms with Gasteiger partial charge in [0, 0.05) is 11.3 Å². The fraction of sp³-hybridized carbons (Fsp3) is 0.355. The summed E-state index contributed by atoms with van der Waals surface area (Å²) in [5, 5.41) is 0. The molecule has 7 rings (SSSR count). The number of amides is 2. The molecule has 4 heteroatoms. The van der Waals surface area contributed by atoms with E-state index in [1.165, 1.54) is 27.2 Å². The van der Waals surface area contributed by atoms with Gasteiger partial charge in [0.1, 0.15) is 5.75 Å². The molecule has 2 bridgehead atoms. The van der Waals surface area contributed by atoms with E-state index in [4.69, 9.17) is 4.74 Å². The highest BCUT2D eigenvalue weighted by Crippen LogP contribution is 2.65. The van der Waals surface area contributed by atoms with Crippen LogP contribution in [0.4, 0.5) is 5.69 Å². The third-order valence-electron chi connectivity index (χ3n) is 8.46. The highest BCUT2D eigenvalue weighted by atomic mass is 16.5. The minimum Gasteiger partial charge on any atom is -0.494 e. The van der Waals surface area contributed by atoms with Gasteiger partial charge in [-0.05, 0) is 59.4 Å². The second-order valence-electron chi connectivity index (χ2n) is 10.0. The molecule has 4 nitrogen and oxygen atoms in total. The van der Waals surface area contributed by atoms with Crippen molar-refractivity contribution in [3.05, 3.63) is 95.1 Å². The first-order valence-electron chi connectivity index (χ1n) is 12.9. The fourth-order valence-corrected chi connectivity index (χ4v) is 7.02. The van der Waals surface area contributed by atoms with Crippen molar-refractivity contribution in [2.75, 3.05) is 11.5 Å². The lowest BCUT2D eigenvalue weighted by Crippen LogP contribution is -2.53. The molecule has 1 heterocycles. The molecule has 1 fully saturated rings. The maximum Gasteiger partial charge on any atom is 0.238 e. The van der Waals surface area contributed by atoms with Gasteiger partial charge >= 0.3 is 0 Å². The van der Waals surface area contributed by atoms with Crippen molar-refractivity contribution in [3.63, 3.8) is 0 Å². The number of rotatable bonds is 7. The minimum absolute atomic E-state index is 0.0764. The maximum atomic E-state index is 14.1. The van der Waals surface area contributed by atoms with Crippen molar-refractivity contribution in [3.8, 4) is 5.75 Å². The monoisotopic (exact) mass is 465 g/mol. The van der Waals surface area contributed by atoms with Gasteiger partial charge in [-0.2, -0.15) is 0 Å². The Bertz CT molecular complexity index is 1250. The van der Waals surface area contributed by atoms with E-state index in [0.29, 0.717) is 12.3 Å². The molecule has 0 aromatic heterocycles. The molecule has 2 unspecified atom stereocenters. The number of imide groups is 1. The van der Waals surface area contributed by atoms with Crippen LogP contribution in [0.5, 0.6) is 5.75 Å². The molecule has 3 aliphatic carbocycles. The Kier molecular flexibility index (Phi) is 5.28. The van der Waals surface area contributed by atoms with Crippen LogP contribution in [0.15, 0.2) is 72.8 Å². The second kappa shape index (κ2) is 8.37. The average Bonchev–Trinajstić information content (AvgIpc) is 3.17. The standard InChI is InChI=1S/C31H31NO3/c1-3-5-10-19-35-21-17-15-20(16-18-21)32-29(33)27-26-22-11-6-8-13-24(22)31(4-2,28(27)30(32)34)25-14-9-7-12-23(25)26/h6-9,11-18,26-28H,3-5,10,19H2,1-2H3. The molecule has 4 aliphatic rings. The molecule has 1 saturated heterocycles. The van der Waals surface area contributed by atoms with Gasteiger partial charge in [0.2, 0.25) is 11.8 Å². The average molecular weight is 466 g/mol. The minimum atomic E-state index is -0.490. The Hall–Kier alpha value is -3.40. The van der Waals surface area contributed by atoms with Crippen LogP contribution >= 0.6 is 0 Å². The van der Waals surface area contributed by atoms with Crippen molar-refractivity contribution in [1.82, 2.24) is 0 Å². The number of unbranched alkanes of at least 4 members (excludes halogenated alkanes) is 2. The van der Waals surface area contributed by atoms with Crippen LogP contribution in [0.3, 0.4) is 0 Å². The van der Waals surface area contributed by atoms with Crippen LogP contribution < -0.4 is 9.64 Å². The summed E-state index contributed by atoms with van der Waals surface area (Å²) in [6.45, 7) is 5.00. The molecule has 0 N–H and O–H groups in total. The summed E-state index contributed by atoms with van der Waals surface area (Å²) in [7, 11) is 0. The van der Waals surface area contributed by atoms with E-state index in [9.17, 15) is 9.59 Å². The van der Waals surface area contributed by atoms with Crippen LogP contribution in [0, 0.1) is 11.8 Å². The van der Waals surface area contributed by atoms with Gasteiger partial charge in [-0.15, -0.1) is 0 Å². The van der Waals surface area contributed by atoms with Crippen LogP contribution in [0.2, 0.25) is 0 Å². The summed E-state index contributed by atoms with van der Waals surface area (Å²) >= 11 is 0. The van der Waals surface area contributed by atoms with Gasteiger partial charge in [0.05, 0.1) is 24.1 Å². The first-order valence-corrected chi connectivity index (χ1v) is 12.9. The molecule has 0 radical (unpaired) electrons. The zero-order valence-corrected chi connectivity index (χ0v) is 20.4. The third-order valence-corrected chi connectivity index (χ3v) is 8.46. The topological polar surface area (TPSA) is 46.6 Å². The number of hydrogen-bond donors (Lipinski definition) is 0. The summed E-state index contributed by atoms with van der Waals surface area (Å²) in [6.07, 6.45) is 4.08. The highest BCUT2D eigenvalue weighted by Gasteiger charge is 2.67. The van der Waals surface area contributed by atoms with Crippen LogP contribution in [-0.2, 0) is 15.0 Å². The smallest absolute Gasteiger partial charge is 0.238 e. The van der Waals surface area contributed by atoms with E-state index >= 15 is 0 Å². The lowest BCUT2D eigenvalue weighted by molar-refractivity contribution is -0.123. The van der Waals surface area contributed by atoms with Crippen molar-refractivity contribution in [2.24, 2.45) is 11.8 Å². The summed E-state index contributed by atoms with van der Waals surface area (Å²) in [4.78, 5) is 29.6. The Labute approximate surface area is 206 Å². The molecular weight excluding hydrogens is 434 g/mol. The lowest BCUT2D eigenvalue weighted by Gasteiger charge is -2.54. The van der Waals surface area contributed by atoms with Crippen LogP contribution in [-0.4, -0.2) is 18.4 Å². The van der Waals surface area contributed by atoms with E-state index in [2.05, 4.69) is 62.4 Å². The Morgan fingerprint density at radius 3 is 2.03 bits per heavy atom. The number of nitrogens with zero attached hydrogens (tertiary/aromatic N) is 1. The SMILES string of the molecule is CCCCCOc1ccc(N2C(=O)C3C4c5ccccc5C(CC)(c5ccccc54)C3C2=O)cc1. The molecule has 35 heavy (non-hydrogen) atoms. The summed E-state index contributed by atoms with van der Waals surface area (Å²) in [6, 6.07) is 24.3. The number of ether oxygens (including phenoxy) is 1. The van der Waals surface area contributed by atoms with Crippen molar-refractivity contribution in [1.29, 1.82) is 0 Å². The van der Waals surface area contributed by atoms with Gasteiger partial charge in [-0.3, -0.25) is 9.59 Å². The number of hydrogen-bond acceptors (Lipinski definition) is 3. The summed E-state index contributed by atoms with van der Waals surface area (Å²) in [5.41, 5.74) is 4.98. The van der Waals surface area contributed by atoms with Gasteiger partial charge in [0.15, 0.2) is 0 Å². The van der Waals surface area contributed by atoms with E-state index < -0.39 is 5.41 Å². The molecule has 2 atom stereocenters. The third kappa shape index (κ3) is 2.98. The van der Waals surface area contributed by atoms with Crippen molar-refractivity contribution >= 4 is 17.5 Å². The van der Waals surface area contributed by atoms with E-state index in [1.807, 2.05) is 24.3 Å². The normalized spacial score (nSPS) is 25.9. The second-order valence-corrected chi connectivity index (χ2v) is 10.0. The first-order chi connectivity index (χ1) is 17.1. The molecule has 0 saturated carbocycles. The van der Waals surface area contributed by atoms with Gasteiger partial charge in [-0.1, -0.05) is 75.2 Å². The molecule has 3 aromatic rings. The highest BCUT2D eigenvalue weighted by molar-refractivity contribution is 6.23. The van der Waals surface area contributed by atoms with E-state index in [-0.39, 0.29) is 29.6 Å². The Balaban J connectivity index is 1.41. The van der Waals surface area contributed by atoms with Gasteiger partial charge in [-0.25, -0.2) is 4.90 Å². The Morgan fingerprint density at radius 2 is 1.43 bits per heavy atom. The zero-order chi connectivity index (χ0) is 24.2. The summed E-state index contributed by atoms with van der Waals surface area (Å²) < 4.78 is 5.85. The lowest BCUT2D eigenvalue weighted by atomic mass is 9.46. The molecular formula is C31H31NO3. The van der Waals surface area contributed by atoms with Crippen LogP contribution in [0.25, 0.3) is 0 Å². The van der Waals surface area contributed by atoms with Crippen LogP contribution in [0.1, 0.15) is 67.7 Å². The molecule has 2 amide bonds. The number of carbonyl (C=O) groups excluding carboxylic acids is 2. The first kappa shape index (κ1) is 22.1. The number of benzene rings is 3. The maximum absolute atomic E-state index is 14.1. The van der Waals surface area contributed by atoms with Crippen molar-refractivity contribution in [2.45, 2.75) is 50.9 Å². The molecule has 0 spiro atoms. The molecule has 3 aromatic carbocycles. The largest absolute Gasteiger partial charge is 0.494 e. The molecule has 1 aliphatic heterocycles. The quantitative estimate of drug-likeness (QED) is 0.308. The fourth-order valence-electron chi connectivity index (χ4n) is 7.02. The number of carbonyl (C=O) groups is 2. The van der Waals surface area contributed by atoms with Crippen molar-refractivity contribution < 1.29 is 14.3 Å². The zero-order valence-electron chi connectivity index (χ0n) is 20.4. The van der Waals surface area contributed by atoms with E-state index in [0.717, 1.165) is 31.4 Å².